The van der Waals surface area contributed by atoms with E-state index in [1.54, 1.807) is 21.1 Å². The number of hydrogen-bond donors (Lipinski definition) is 1. The van der Waals surface area contributed by atoms with Gasteiger partial charge >= 0.3 is 5.97 Å². The number of aromatic nitrogens is 2. The first-order chi connectivity index (χ1) is 19.2. The molecule has 208 valence electrons. The van der Waals surface area contributed by atoms with Crippen LogP contribution in [0.2, 0.25) is 0 Å². The summed E-state index contributed by atoms with van der Waals surface area (Å²) in [4.78, 5) is 23.4. The van der Waals surface area contributed by atoms with Crippen molar-refractivity contribution in [2.75, 3.05) is 31.5 Å². The van der Waals surface area contributed by atoms with Gasteiger partial charge in [0.1, 0.15) is 34.3 Å². The third-order valence-electron chi connectivity index (χ3n) is 6.29. The lowest BCUT2D eigenvalue weighted by Gasteiger charge is -2.26. The largest absolute Gasteiger partial charge is 0.497 e. The number of nitrogens with zero attached hydrogens (tertiary/aromatic N) is 3. The zero-order valence-corrected chi connectivity index (χ0v) is 24.9. The van der Waals surface area contributed by atoms with Crippen molar-refractivity contribution in [3.05, 3.63) is 92.4 Å². The van der Waals surface area contributed by atoms with Crippen molar-refractivity contribution in [1.29, 1.82) is 0 Å². The van der Waals surface area contributed by atoms with E-state index in [9.17, 15) is 4.79 Å². The van der Waals surface area contributed by atoms with Crippen molar-refractivity contribution in [3.8, 4) is 22.9 Å². The lowest BCUT2D eigenvalue weighted by molar-refractivity contribution is 0.0526. The van der Waals surface area contributed by atoms with Gasteiger partial charge in [0.15, 0.2) is 5.82 Å². The van der Waals surface area contributed by atoms with Crippen molar-refractivity contribution < 1.29 is 23.4 Å². The van der Waals surface area contributed by atoms with Crippen molar-refractivity contribution in [3.63, 3.8) is 0 Å². The molecule has 2 aromatic heterocycles. The number of hydrogen-bond acceptors (Lipinski definition) is 8. The molecule has 0 radical (unpaired) electrons. The summed E-state index contributed by atoms with van der Waals surface area (Å²) in [5.41, 5.74) is 8.85. The zero-order chi connectivity index (χ0) is 28.8. The summed E-state index contributed by atoms with van der Waals surface area (Å²) in [6.45, 7) is 4.80. The summed E-state index contributed by atoms with van der Waals surface area (Å²) < 4.78 is 31.9. The number of nitrogen functional groups attached to an aromatic ring is 1. The second-order valence-electron chi connectivity index (χ2n) is 8.98. The van der Waals surface area contributed by atoms with Gasteiger partial charge in [0, 0.05) is 22.9 Å². The number of ether oxygens (including phenoxy) is 3. The van der Waals surface area contributed by atoms with Crippen LogP contribution in [-0.2, 0) is 17.8 Å². The van der Waals surface area contributed by atoms with E-state index in [4.69, 9.17) is 24.9 Å². The van der Waals surface area contributed by atoms with E-state index in [0.717, 1.165) is 31.8 Å². The minimum absolute atomic E-state index is 0.0336. The topological polar surface area (TPSA) is 99.8 Å². The highest BCUT2D eigenvalue weighted by molar-refractivity contribution is 14.1. The van der Waals surface area contributed by atoms with E-state index >= 15 is 4.39 Å². The second kappa shape index (κ2) is 12.9. The monoisotopic (exact) mass is 656 g/mol. The van der Waals surface area contributed by atoms with Crippen LogP contribution < -0.4 is 20.1 Å². The van der Waals surface area contributed by atoms with Crippen LogP contribution in [0.15, 0.2) is 60.8 Å². The molecule has 0 spiro atoms. The highest BCUT2D eigenvalue weighted by atomic mass is 127. The molecule has 2 N–H and O–H groups in total. The van der Waals surface area contributed by atoms with Crippen LogP contribution in [0.5, 0.6) is 11.5 Å². The molecule has 0 aliphatic carbocycles. The summed E-state index contributed by atoms with van der Waals surface area (Å²) >= 11 is 2.13. The molecule has 4 aromatic rings. The van der Waals surface area contributed by atoms with Gasteiger partial charge in [-0.3, -0.25) is 4.98 Å². The van der Waals surface area contributed by atoms with E-state index < -0.39 is 11.8 Å². The Bertz CT molecular complexity index is 1450. The maximum Gasteiger partial charge on any atom is 0.341 e. The third-order valence-corrected chi connectivity index (χ3v) is 7.65. The average molecular weight is 656 g/mol. The Kier molecular flexibility index (Phi) is 9.41. The molecule has 0 fully saturated rings. The highest BCUT2D eigenvalue weighted by Gasteiger charge is 2.23. The van der Waals surface area contributed by atoms with Crippen LogP contribution in [0.25, 0.3) is 11.4 Å². The van der Waals surface area contributed by atoms with E-state index in [0.29, 0.717) is 24.6 Å². The van der Waals surface area contributed by atoms with Crippen LogP contribution in [0.4, 0.5) is 15.9 Å². The van der Waals surface area contributed by atoms with Crippen molar-refractivity contribution in [1.82, 2.24) is 9.97 Å². The molecule has 0 aliphatic rings. The summed E-state index contributed by atoms with van der Waals surface area (Å²) in [7, 11) is 3.26. The van der Waals surface area contributed by atoms with Crippen LogP contribution in [0, 0.1) is 16.3 Å². The lowest BCUT2D eigenvalue weighted by Crippen LogP contribution is -2.24. The molecule has 4 rings (SSSR count). The van der Waals surface area contributed by atoms with Gasteiger partial charge in [-0.15, -0.1) is 0 Å². The lowest BCUT2D eigenvalue weighted by atomic mass is 10.1. The smallest absolute Gasteiger partial charge is 0.341 e. The number of carbonyl (C=O) groups excluding carboxylic acids is 1. The van der Waals surface area contributed by atoms with Gasteiger partial charge in [0.25, 0.3) is 0 Å². The molecule has 0 amide bonds. The third kappa shape index (κ3) is 6.44. The molecular weight excluding hydrogens is 626 g/mol. The number of carbonyl (C=O) groups is 1. The normalized spacial score (nSPS) is 10.8. The molecule has 10 heteroatoms. The fourth-order valence-corrected chi connectivity index (χ4v) is 4.65. The number of pyridine rings is 2. The minimum Gasteiger partial charge on any atom is -0.497 e. The maximum atomic E-state index is 15.6. The Morgan fingerprint density at radius 3 is 2.02 bits per heavy atom. The predicted octanol–water partition coefficient (Wildman–Crippen LogP) is 6.18. The molecule has 0 atom stereocenters. The van der Waals surface area contributed by atoms with E-state index in [-0.39, 0.29) is 23.6 Å². The molecule has 0 aliphatic heterocycles. The number of rotatable bonds is 10. The van der Waals surface area contributed by atoms with Gasteiger partial charge in [-0.2, -0.15) is 0 Å². The van der Waals surface area contributed by atoms with Crippen LogP contribution >= 0.6 is 22.6 Å². The molecule has 8 nitrogen and oxygen atoms in total. The van der Waals surface area contributed by atoms with Gasteiger partial charge in [-0.1, -0.05) is 24.3 Å². The Hall–Kier alpha value is -3.93. The molecule has 40 heavy (non-hydrogen) atoms. The van der Waals surface area contributed by atoms with Crippen molar-refractivity contribution in [2.24, 2.45) is 0 Å². The van der Waals surface area contributed by atoms with Crippen LogP contribution in [0.3, 0.4) is 0 Å². The highest BCUT2D eigenvalue weighted by Crippen LogP contribution is 2.33. The molecule has 2 aromatic carbocycles. The molecule has 0 saturated heterocycles. The Morgan fingerprint density at radius 2 is 1.52 bits per heavy atom. The number of methoxy groups -OCH3 is 2. The number of anilines is 2. The average Bonchev–Trinajstić information content (AvgIpc) is 2.96. The van der Waals surface area contributed by atoms with Crippen LogP contribution in [0.1, 0.15) is 34.0 Å². The Morgan fingerprint density at radius 1 is 0.975 bits per heavy atom. The predicted molar refractivity (Wildman–Crippen MR) is 161 cm³/mol. The number of aryl methyl sites for hydroxylation is 1. The molecule has 0 bridgehead atoms. The van der Waals surface area contributed by atoms with E-state index in [1.807, 2.05) is 61.5 Å². The number of halogens is 2. The SMILES string of the molecule is CCOC(=O)c1cnc(-c2nc(N(Cc3ccc(OC)cc3)Cc3ccc(OC)cc3)cc(C)c2I)c(F)c1N. The minimum atomic E-state index is -0.815. The second-order valence-corrected chi connectivity index (χ2v) is 10.1. The fraction of sp³-hybridized carbons (Fsp3) is 0.233. The van der Waals surface area contributed by atoms with Gasteiger partial charge < -0.3 is 24.8 Å². The standard InChI is InChI=1S/C30H30FIN4O4/c1-5-40-30(37)23-15-34-28(25(31)27(23)33)29-26(32)18(2)14-24(35-29)36(16-19-6-10-21(38-3)11-7-19)17-20-8-12-22(39-4)13-9-20/h6-15H,5,16-17H2,1-4H3,(H2,33,34). The zero-order valence-electron chi connectivity index (χ0n) is 22.7. The Balaban J connectivity index is 1.78. The molecular formula is C30H30FIN4O4. The Labute approximate surface area is 246 Å². The quantitative estimate of drug-likeness (QED) is 0.160. The first-order valence-electron chi connectivity index (χ1n) is 12.5. The summed E-state index contributed by atoms with van der Waals surface area (Å²) in [5.74, 6) is 0.622. The van der Waals surface area contributed by atoms with Gasteiger partial charge in [-0.05, 0) is 83.5 Å². The maximum absolute atomic E-state index is 15.6. The van der Waals surface area contributed by atoms with E-state index in [2.05, 4.69) is 32.5 Å². The number of esters is 1. The number of nitrogens with two attached hydrogens (primary N) is 1. The summed E-state index contributed by atoms with van der Waals surface area (Å²) in [5, 5.41) is 0. The van der Waals surface area contributed by atoms with Gasteiger partial charge in [0.2, 0.25) is 0 Å². The van der Waals surface area contributed by atoms with Crippen molar-refractivity contribution >= 4 is 40.1 Å². The molecule has 0 saturated carbocycles. The number of benzene rings is 2. The van der Waals surface area contributed by atoms with Crippen molar-refractivity contribution in [2.45, 2.75) is 26.9 Å². The summed E-state index contributed by atoms with van der Waals surface area (Å²) in [6, 6.07) is 17.6. The van der Waals surface area contributed by atoms with Crippen LogP contribution in [-0.4, -0.2) is 36.8 Å². The first kappa shape index (κ1) is 29.1. The fourth-order valence-electron chi connectivity index (χ4n) is 4.12. The van der Waals surface area contributed by atoms with Gasteiger partial charge in [0.05, 0.1) is 26.5 Å². The molecule has 0 unspecified atom stereocenters. The van der Waals surface area contributed by atoms with Gasteiger partial charge in [-0.25, -0.2) is 14.2 Å². The first-order valence-corrected chi connectivity index (χ1v) is 13.6. The van der Waals surface area contributed by atoms with E-state index in [1.165, 1.54) is 6.20 Å². The molecule has 2 heterocycles. The summed E-state index contributed by atoms with van der Waals surface area (Å²) in [6.07, 6.45) is 1.23.